The van der Waals surface area contributed by atoms with E-state index in [0.717, 1.165) is 24.0 Å². The van der Waals surface area contributed by atoms with Crippen molar-refractivity contribution in [2.75, 3.05) is 7.11 Å². The molecule has 0 heterocycles. The summed E-state index contributed by atoms with van der Waals surface area (Å²) in [5, 5.41) is 0. The zero-order valence-corrected chi connectivity index (χ0v) is 8.43. The van der Waals surface area contributed by atoms with E-state index >= 15 is 0 Å². The van der Waals surface area contributed by atoms with Gasteiger partial charge in [0.2, 0.25) is 0 Å². The van der Waals surface area contributed by atoms with Gasteiger partial charge in [0.1, 0.15) is 0 Å². The summed E-state index contributed by atoms with van der Waals surface area (Å²) in [5.74, 6) is -0.0414. The number of aryl methyl sites for hydroxylation is 1. The molecule has 1 aromatic rings. The fourth-order valence-electron chi connectivity index (χ4n) is 1.75. The molecule has 1 saturated carbocycles. The van der Waals surface area contributed by atoms with E-state index in [1.54, 1.807) is 6.07 Å². The Kier molecular flexibility index (Phi) is 2.00. The molecule has 0 unspecified atom stereocenters. The predicted octanol–water partition coefficient (Wildman–Crippen LogP) is 2.09. The van der Waals surface area contributed by atoms with Gasteiger partial charge in [0.15, 0.2) is 11.6 Å². The summed E-state index contributed by atoms with van der Waals surface area (Å²) in [7, 11) is 1.47. The third-order valence-corrected chi connectivity index (χ3v) is 2.82. The summed E-state index contributed by atoms with van der Waals surface area (Å²) in [5.41, 5.74) is 7.66. The standard InChI is InChI=1S/C11H14FNO/c1-7-5-10(14-2)9(12)6-8(7)11(13)3-4-11/h5-6H,3-4,13H2,1-2H3. The lowest BCUT2D eigenvalue weighted by Crippen LogP contribution is -2.20. The van der Waals surface area contributed by atoms with Gasteiger partial charge in [0.05, 0.1) is 7.11 Å². The van der Waals surface area contributed by atoms with Gasteiger partial charge in [-0.3, -0.25) is 0 Å². The Morgan fingerprint density at radius 2 is 2.07 bits per heavy atom. The Morgan fingerprint density at radius 3 is 2.57 bits per heavy atom. The van der Waals surface area contributed by atoms with Gasteiger partial charge in [0.25, 0.3) is 0 Å². The largest absolute Gasteiger partial charge is 0.494 e. The molecule has 1 aliphatic carbocycles. The van der Waals surface area contributed by atoms with Gasteiger partial charge in [-0.2, -0.15) is 0 Å². The summed E-state index contributed by atoms with van der Waals surface area (Å²) >= 11 is 0. The molecule has 2 rings (SSSR count). The molecule has 2 nitrogen and oxygen atoms in total. The molecule has 0 amide bonds. The molecule has 1 aliphatic rings. The summed E-state index contributed by atoms with van der Waals surface area (Å²) in [6.07, 6.45) is 1.89. The van der Waals surface area contributed by atoms with Gasteiger partial charge in [0, 0.05) is 5.54 Å². The van der Waals surface area contributed by atoms with Gasteiger partial charge >= 0.3 is 0 Å². The Labute approximate surface area is 82.9 Å². The average molecular weight is 195 g/mol. The van der Waals surface area contributed by atoms with Crippen LogP contribution in [0, 0.1) is 12.7 Å². The Hall–Kier alpha value is -1.09. The van der Waals surface area contributed by atoms with E-state index < -0.39 is 0 Å². The smallest absolute Gasteiger partial charge is 0.165 e. The Bertz CT molecular complexity index is 372. The highest BCUT2D eigenvalue weighted by atomic mass is 19.1. The van der Waals surface area contributed by atoms with Crippen LogP contribution < -0.4 is 10.5 Å². The fraction of sp³-hybridized carbons (Fsp3) is 0.455. The number of rotatable bonds is 2. The van der Waals surface area contributed by atoms with E-state index in [9.17, 15) is 4.39 Å². The molecule has 0 aliphatic heterocycles. The zero-order chi connectivity index (χ0) is 10.3. The van der Waals surface area contributed by atoms with Gasteiger partial charge < -0.3 is 10.5 Å². The van der Waals surface area contributed by atoms with Gasteiger partial charge in [-0.25, -0.2) is 4.39 Å². The average Bonchev–Trinajstić information content (AvgIpc) is 2.88. The second-order valence-corrected chi connectivity index (χ2v) is 3.96. The molecule has 0 aromatic heterocycles. The molecule has 0 saturated heterocycles. The zero-order valence-electron chi connectivity index (χ0n) is 8.43. The van der Waals surface area contributed by atoms with Crippen molar-refractivity contribution in [2.24, 2.45) is 5.73 Å². The molecule has 0 atom stereocenters. The number of hydrogen-bond donors (Lipinski definition) is 1. The van der Waals surface area contributed by atoms with Crippen molar-refractivity contribution in [3.05, 3.63) is 29.1 Å². The second kappa shape index (κ2) is 2.95. The van der Waals surface area contributed by atoms with Crippen LogP contribution in [-0.4, -0.2) is 7.11 Å². The summed E-state index contributed by atoms with van der Waals surface area (Å²) < 4.78 is 18.3. The number of benzene rings is 1. The number of methoxy groups -OCH3 is 1. The molecule has 2 N–H and O–H groups in total. The number of hydrogen-bond acceptors (Lipinski definition) is 2. The minimum atomic E-state index is -0.329. The van der Waals surface area contributed by atoms with Crippen molar-refractivity contribution in [2.45, 2.75) is 25.3 Å². The molecular weight excluding hydrogens is 181 g/mol. The SMILES string of the molecule is COc1cc(C)c(C2(N)CC2)cc1F. The van der Waals surface area contributed by atoms with Crippen molar-refractivity contribution < 1.29 is 9.13 Å². The first-order chi connectivity index (χ1) is 6.57. The minimum absolute atomic E-state index is 0.281. The van der Waals surface area contributed by atoms with Crippen molar-refractivity contribution in [3.8, 4) is 5.75 Å². The lowest BCUT2D eigenvalue weighted by molar-refractivity contribution is 0.385. The highest BCUT2D eigenvalue weighted by Crippen LogP contribution is 2.45. The predicted molar refractivity (Wildman–Crippen MR) is 52.8 cm³/mol. The third-order valence-electron chi connectivity index (χ3n) is 2.82. The van der Waals surface area contributed by atoms with E-state index in [0.29, 0.717) is 0 Å². The first kappa shape index (κ1) is 9.46. The van der Waals surface area contributed by atoms with Gasteiger partial charge in [-0.05, 0) is 43.0 Å². The fourth-order valence-corrected chi connectivity index (χ4v) is 1.75. The van der Waals surface area contributed by atoms with Crippen molar-refractivity contribution in [3.63, 3.8) is 0 Å². The van der Waals surface area contributed by atoms with Crippen LogP contribution in [0.4, 0.5) is 4.39 Å². The summed E-state index contributed by atoms with van der Waals surface area (Å²) in [4.78, 5) is 0. The van der Waals surface area contributed by atoms with Crippen LogP contribution in [0.15, 0.2) is 12.1 Å². The van der Waals surface area contributed by atoms with E-state index in [1.165, 1.54) is 13.2 Å². The molecule has 76 valence electrons. The van der Waals surface area contributed by atoms with Crippen LogP contribution in [-0.2, 0) is 5.54 Å². The van der Waals surface area contributed by atoms with Crippen LogP contribution in [0.25, 0.3) is 0 Å². The first-order valence-electron chi connectivity index (χ1n) is 4.70. The Balaban J connectivity index is 2.48. The van der Waals surface area contributed by atoms with Crippen LogP contribution >= 0.6 is 0 Å². The summed E-state index contributed by atoms with van der Waals surface area (Å²) in [6, 6.07) is 3.21. The topological polar surface area (TPSA) is 35.2 Å². The molecule has 3 heteroatoms. The first-order valence-corrected chi connectivity index (χ1v) is 4.70. The lowest BCUT2D eigenvalue weighted by Gasteiger charge is -2.14. The highest BCUT2D eigenvalue weighted by Gasteiger charge is 2.41. The van der Waals surface area contributed by atoms with Crippen molar-refractivity contribution in [1.82, 2.24) is 0 Å². The number of halogens is 1. The normalized spacial score (nSPS) is 18.0. The monoisotopic (exact) mass is 195 g/mol. The molecule has 0 bridgehead atoms. The van der Waals surface area contributed by atoms with E-state index in [1.807, 2.05) is 6.92 Å². The van der Waals surface area contributed by atoms with Gasteiger partial charge in [-0.1, -0.05) is 0 Å². The van der Waals surface area contributed by atoms with Crippen LogP contribution in [0.3, 0.4) is 0 Å². The lowest BCUT2D eigenvalue weighted by atomic mass is 9.99. The maximum atomic E-state index is 13.4. The van der Waals surface area contributed by atoms with Crippen molar-refractivity contribution >= 4 is 0 Å². The number of ether oxygens (including phenoxy) is 1. The second-order valence-electron chi connectivity index (χ2n) is 3.96. The van der Waals surface area contributed by atoms with E-state index in [2.05, 4.69) is 0 Å². The number of nitrogens with two attached hydrogens (primary N) is 1. The van der Waals surface area contributed by atoms with Crippen LogP contribution in [0.5, 0.6) is 5.75 Å². The maximum Gasteiger partial charge on any atom is 0.165 e. The Morgan fingerprint density at radius 1 is 1.43 bits per heavy atom. The van der Waals surface area contributed by atoms with Crippen LogP contribution in [0.2, 0.25) is 0 Å². The maximum absolute atomic E-state index is 13.4. The van der Waals surface area contributed by atoms with Crippen LogP contribution in [0.1, 0.15) is 24.0 Å². The van der Waals surface area contributed by atoms with E-state index in [4.69, 9.17) is 10.5 Å². The van der Waals surface area contributed by atoms with Gasteiger partial charge in [-0.15, -0.1) is 0 Å². The third kappa shape index (κ3) is 1.38. The summed E-state index contributed by atoms with van der Waals surface area (Å²) in [6.45, 7) is 1.93. The minimum Gasteiger partial charge on any atom is -0.494 e. The molecule has 0 spiro atoms. The molecular formula is C11H14FNO. The quantitative estimate of drug-likeness (QED) is 0.784. The highest BCUT2D eigenvalue weighted by molar-refractivity contribution is 5.42. The molecule has 1 aromatic carbocycles. The molecule has 14 heavy (non-hydrogen) atoms. The molecule has 0 radical (unpaired) electrons. The van der Waals surface area contributed by atoms with Crippen molar-refractivity contribution in [1.29, 1.82) is 0 Å². The molecule has 1 fully saturated rings. The van der Waals surface area contributed by atoms with E-state index in [-0.39, 0.29) is 17.1 Å².